The van der Waals surface area contributed by atoms with Gasteiger partial charge in [-0.1, -0.05) is 30.3 Å². The van der Waals surface area contributed by atoms with Gasteiger partial charge in [-0.2, -0.15) is 0 Å². The number of hydrogen-bond donors (Lipinski definition) is 1. The van der Waals surface area contributed by atoms with Gasteiger partial charge in [0.15, 0.2) is 18.1 Å². The molecule has 0 unspecified atom stereocenters. The molecular formula is C18H19NO4. The Balaban J connectivity index is 1.95. The summed E-state index contributed by atoms with van der Waals surface area (Å²) >= 11 is 0. The molecule has 0 aliphatic carbocycles. The van der Waals surface area contributed by atoms with Crippen LogP contribution in [-0.4, -0.2) is 25.9 Å². The smallest absolute Gasteiger partial charge is 0.258 e. The van der Waals surface area contributed by atoms with E-state index < -0.39 is 0 Å². The van der Waals surface area contributed by atoms with Crippen LogP contribution in [0.1, 0.15) is 28.9 Å². The number of carbonyl (C=O) groups excluding carboxylic acids is 2. The predicted molar refractivity (Wildman–Crippen MR) is 86.9 cm³/mol. The van der Waals surface area contributed by atoms with Crippen LogP contribution in [0, 0.1) is 0 Å². The molecule has 0 aromatic heterocycles. The van der Waals surface area contributed by atoms with Crippen LogP contribution in [0.3, 0.4) is 0 Å². The molecule has 2 aromatic carbocycles. The molecule has 0 saturated carbocycles. The molecule has 120 valence electrons. The summed E-state index contributed by atoms with van der Waals surface area (Å²) in [5, 5.41) is 2.86. The molecule has 0 bridgehead atoms. The number of aldehydes is 1. The summed E-state index contributed by atoms with van der Waals surface area (Å²) in [5.41, 5.74) is 1.47. The Hall–Kier alpha value is -2.82. The highest BCUT2D eigenvalue weighted by Gasteiger charge is 2.12. The van der Waals surface area contributed by atoms with Gasteiger partial charge >= 0.3 is 0 Å². The number of nitrogens with one attached hydrogen (secondary N) is 1. The molecular weight excluding hydrogens is 294 g/mol. The lowest BCUT2D eigenvalue weighted by atomic mass is 10.1. The quantitative estimate of drug-likeness (QED) is 0.798. The average Bonchev–Trinajstić information content (AvgIpc) is 2.60. The van der Waals surface area contributed by atoms with Gasteiger partial charge in [-0.25, -0.2) is 0 Å². The van der Waals surface area contributed by atoms with Crippen molar-refractivity contribution in [3.63, 3.8) is 0 Å². The third-order valence-electron chi connectivity index (χ3n) is 3.36. The second-order valence-corrected chi connectivity index (χ2v) is 5.02. The Morgan fingerprint density at radius 2 is 1.91 bits per heavy atom. The number of carbonyl (C=O) groups is 2. The van der Waals surface area contributed by atoms with Gasteiger partial charge in [-0.05, 0) is 30.7 Å². The molecule has 1 N–H and O–H groups in total. The van der Waals surface area contributed by atoms with Gasteiger partial charge in [0.1, 0.15) is 6.29 Å². The highest BCUT2D eigenvalue weighted by molar-refractivity contribution is 5.79. The Morgan fingerprint density at radius 3 is 2.57 bits per heavy atom. The van der Waals surface area contributed by atoms with Crippen molar-refractivity contribution in [3.05, 3.63) is 59.7 Å². The largest absolute Gasteiger partial charge is 0.493 e. The molecule has 0 fully saturated rings. The first-order chi connectivity index (χ1) is 11.1. The zero-order valence-corrected chi connectivity index (χ0v) is 13.1. The molecule has 0 heterocycles. The molecule has 0 aliphatic rings. The molecule has 0 radical (unpaired) electrons. The summed E-state index contributed by atoms with van der Waals surface area (Å²) in [4.78, 5) is 22.8. The molecule has 1 atom stereocenters. The number of rotatable bonds is 7. The highest BCUT2D eigenvalue weighted by Crippen LogP contribution is 2.27. The van der Waals surface area contributed by atoms with Gasteiger partial charge in [0.2, 0.25) is 0 Å². The lowest BCUT2D eigenvalue weighted by molar-refractivity contribution is -0.123. The van der Waals surface area contributed by atoms with Crippen LogP contribution in [0.15, 0.2) is 48.5 Å². The van der Waals surface area contributed by atoms with Gasteiger partial charge in [0, 0.05) is 5.56 Å². The molecule has 2 aromatic rings. The van der Waals surface area contributed by atoms with Gasteiger partial charge in [0.25, 0.3) is 5.91 Å². The molecule has 0 spiro atoms. The van der Waals surface area contributed by atoms with Crippen molar-refractivity contribution in [2.75, 3.05) is 13.7 Å². The molecule has 23 heavy (non-hydrogen) atoms. The zero-order valence-electron chi connectivity index (χ0n) is 13.1. The number of amides is 1. The minimum absolute atomic E-state index is 0.115. The molecule has 2 rings (SSSR count). The van der Waals surface area contributed by atoms with E-state index in [4.69, 9.17) is 9.47 Å². The van der Waals surface area contributed by atoms with Gasteiger partial charge in [-0.15, -0.1) is 0 Å². The van der Waals surface area contributed by atoms with Crippen LogP contribution in [0.4, 0.5) is 0 Å². The predicted octanol–water partition coefficient (Wildman–Crippen LogP) is 2.76. The SMILES string of the molecule is COc1ccc(C=O)cc1OCC(=O)N[C@H](C)c1ccccc1. The summed E-state index contributed by atoms with van der Waals surface area (Å²) in [5.74, 6) is 0.582. The lowest BCUT2D eigenvalue weighted by Gasteiger charge is -2.15. The summed E-state index contributed by atoms with van der Waals surface area (Å²) in [6.45, 7) is 1.75. The second-order valence-electron chi connectivity index (χ2n) is 5.02. The number of ether oxygens (including phenoxy) is 2. The van der Waals surface area contributed by atoms with Crippen molar-refractivity contribution in [2.24, 2.45) is 0 Å². The normalized spacial score (nSPS) is 11.4. The van der Waals surface area contributed by atoms with Crippen molar-refractivity contribution >= 4 is 12.2 Å². The third-order valence-corrected chi connectivity index (χ3v) is 3.36. The van der Waals surface area contributed by atoms with Crippen molar-refractivity contribution in [1.29, 1.82) is 0 Å². The van der Waals surface area contributed by atoms with E-state index in [9.17, 15) is 9.59 Å². The van der Waals surface area contributed by atoms with Gasteiger partial charge < -0.3 is 14.8 Å². The minimum Gasteiger partial charge on any atom is -0.493 e. The fourth-order valence-corrected chi connectivity index (χ4v) is 2.13. The van der Waals surface area contributed by atoms with E-state index >= 15 is 0 Å². The van der Waals surface area contributed by atoms with Crippen LogP contribution in [-0.2, 0) is 4.79 Å². The van der Waals surface area contributed by atoms with Crippen LogP contribution in [0.25, 0.3) is 0 Å². The fraction of sp³-hybridized carbons (Fsp3) is 0.222. The van der Waals surface area contributed by atoms with E-state index in [1.165, 1.54) is 7.11 Å². The molecule has 0 saturated heterocycles. The highest BCUT2D eigenvalue weighted by atomic mass is 16.5. The average molecular weight is 313 g/mol. The maximum absolute atomic E-state index is 12.0. The van der Waals surface area contributed by atoms with E-state index in [1.807, 2.05) is 37.3 Å². The van der Waals surface area contributed by atoms with Crippen LogP contribution in [0.5, 0.6) is 11.5 Å². The zero-order chi connectivity index (χ0) is 16.7. The monoisotopic (exact) mass is 313 g/mol. The molecule has 5 heteroatoms. The number of methoxy groups -OCH3 is 1. The van der Waals surface area contributed by atoms with Crippen molar-refractivity contribution in [3.8, 4) is 11.5 Å². The van der Waals surface area contributed by atoms with Crippen molar-refractivity contribution in [1.82, 2.24) is 5.32 Å². The standard InChI is InChI=1S/C18H19NO4/c1-13(15-6-4-3-5-7-15)19-18(21)12-23-17-10-14(11-20)8-9-16(17)22-2/h3-11,13H,12H2,1-2H3,(H,19,21)/t13-/m1/s1. The van der Waals surface area contributed by atoms with Crippen molar-refractivity contribution in [2.45, 2.75) is 13.0 Å². The Bertz CT molecular complexity index is 670. The maximum Gasteiger partial charge on any atom is 0.258 e. The summed E-state index contributed by atoms with van der Waals surface area (Å²) in [6.07, 6.45) is 0.712. The van der Waals surface area contributed by atoms with E-state index in [-0.39, 0.29) is 18.6 Å². The third kappa shape index (κ3) is 4.57. The molecule has 1 amide bonds. The van der Waals surface area contributed by atoms with E-state index in [1.54, 1.807) is 18.2 Å². The number of benzene rings is 2. The summed E-state index contributed by atoms with van der Waals surface area (Å²) < 4.78 is 10.6. The van der Waals surface area contributed by atoms with Gasteiger partial charge in [-0.3, -0.25) is 9.59 Å². The van der Waals surface area contributed by atoms with Gasteiger partial charge in [0.05, 0.1) is 13.2 Å². The first-order valence-corrected chi connectivity index (χ1v) is 7.24. The minimum atomic E-state index is -0.250. The van der Waals surface area contributed by atoms with Crippen LogP contribution in [0.2, 0.25) is 0 Å². The second kappa shape index (κ2) is 7.98. The van der Waals surface area contributed by atoms with E-state index in [0.717, 1.165) is 5.56 Å². The Labute approximate surface area is 135 Å². The van der Waals surface area contributed by atoms with Crippen LogP contribution < -0.4 is 14.8 Å². The fourth-order valence-electron chi connectivity index (χ4n) is 2.13. The lowest BCUT2D eigenvalue weighted by Crippen LogP contribution is -2.31. The summed E-state index contributed by atoms with van der Waals surface area (Å²) in [7, 11) is 1.50. The van der Waals surface area contributed by atoms with E-state index in [2.05, 4.69) is 5.32 Å². The van der Waals surface area contributed by atoms with E-state index in [0.29, 0.717) is 23.3 Å². The first-order valence-electron chi connectivity index (χ1n) is 7.24. The molecule has 0 aliphatic heterocycles. The molecule has 5 nitrogen and oxygen atoms in total. The first kappa shape index (κ1) is 16.5. The topological polar surface area (TPSA) is 64.6 Å². The van der Waals surface area contributed by atoms with Crippen molar-refractivity contribution < 1.29 is 19.1 Å². The van der Waals surface area contributed by atoms with Crippen LogP contribution >= 0.6 is 0 Å². The Morgan fingerprint density at radius 1 is 1.17 bits per heavy atom. The maximum atomic E-state index is 12.0. The summed E-state index contributed by atoms with van der Waals surface area (Å²) in [6, 6.07) is 14.3. The Kier molecular flexibility index (Phi) is 5.74. The number of hydrogen-bond acceptors (Lipinski definition) is 4.